The lowest BCUT2D eigenvalue weighted by Gasteiger charge is -2.31. The molecule has 1 aromatic carbocycles. The second-order valence-corrected chi connectivity index (χ2v) is 5.52. The van der Waals surface area contributed by atoms with Crippen molar-refractivity contribution < 1.29 is 9.47 Å². The Bertz CT molecular complexity index is 391. The van der Waals surface area contributed by atoms with E-state index in [1.807, 2.05) is 19.2 Å². The average molecular weight is 314 g/mol. The van der Waals surface area contributed by atoms with Crippen LogP contribution in [0.25, 0.3) is 0 Å². The van der Waals surface area contributed by atoms with Gasteiger partial charge >= 0.3 is 0 Å². The molecule has 0 bridgehead atoms. The van der Waals surface area contributed by atoms with E-state index < -0.39 is 0 Å². The van der Waals surface area contributed by atoms with Crippen molar-refractivity contribution in [3.05, 3.63) is 28.2 Å². The molecular weight excluding hydrogens is 294 g/mol. The monoisotopic (exact) mass is 313 g/mol. The molecule has 0 aromatic heterocycles. The molecule has 1 unspecified atom stereocenters. The molecule has 100 valence electrons. The maximum atomic E-state index is 5.48. The molecule has 1 N–H and O–H groups in total. The molecule has 0 spiro atoms. The fourth-order valence-electron chi connectivity index (χ4n) is 2.64. The number of benzene rings is 1. The van der Waals surface area contributed by atoms with Crippen LogP contribution in [0.15, 0.2) is 22.7 Å². The van der Waals surface area contributed by atoms with Crippen molar-refractivity contribution in [3.8, 4) is 5.75 Å². The lowest BCUT2D eigenvalue weighted by molar-refractivity contribution is 0.0543. The Labute approximate surface area is 117 Å². The van der Waals surface area contributed by atoms with Crippen LogP contribution in [0.3, 0.4) is 0 Å². The van der Waals surface area contributed by atoms with Gasteiger partial charge < -0.3 is 14.8 Å². The Morgan fingerprint density at radius 2 is 2.11 bits per heavy atom. The van der Waals surface area contributed by atoms with Crippen LogP contribution in [-0.4, -0.2) is 27.4 Å². The third-order valence-corrected chi connectivity index (χ3v) is 4.07. The van der Waals surface area contributed by atoms with Crippen LogP contribution in [0.5, 0.6) is 5.75 Å². The van der Waals surface area contributed by atoms with Gasteiger partial charge in [0.2, 0.25) is 0 Å². The molecule has 18 heavy (non-hydrogen) atoms. The van der Waals surface area contributed by atoms with Crippen LogP contribution in [0, 0.1) is 5.92 Å². The standard InChI is InChI=1S/C14H20BrNO2/c1-16-14(10-5-7-18-8-6-10)12-9-11(15)3-4-13(12)17-2/h3-4,9-10,14,16H,5-8H2,1-2H3. The maximum Gasteiger partial charge on any atom is 0.123 e. The summed E-state index contributed by atoms with van der Waals surface area (Å²) in [5.74, 6) is 1.55. The maximum absolute atomic E-state index is 5.48. The molecule has 0 aliphatic carbocycles. The van der Waals surface area contributed by atoms with Crippen LogP contribution < -0.4 is 10.1 Å². The highest BCUT2D eigenvalue weighted by Gasteiger charge is 2.26. The van der Waals surface area contributed by atoms with Crippen molar-refractivity contribution in [2.75, 3.05) is 27.4 Å². The van der Waals surface area contributed by atoms with Crippen LogP contribution >= 0.6 is 15.9 Å². The minimum absolute atomic E-state index is 0.321. The first-order valence-corrected chi connectivity index (χ1v) is 7.14. The van der Waals surface area contributed by atoms with Crippen molar-refractivity contribution in [1.82, 2.24) is 5.32 Å². The predicted octanol–water partition coefficient (Wildman–Crippen LogP) is 3.14. The summed E-state index contributed by atoms with van der Waals surface area (Å²) in [6.07, 6.45) is 2.20. The summed E-state index contributed by atoms with van der Waals surface area (Å²) in [4.78, 5) is 0. The van der Waals surface area contributed by atoms with E-state index in [0.717, 1.165) is 36.3 Å². The zero-order valence-corrected chi connectivity index (χ0v) is 12.5. The first-order valence-electron chi connectivity index (χ1n) is 6.34. The van der Waals surface area contributed by atoms with E-state index in [4.69, 9.17) is 9.47 Å². The van der Waals surface area contributed by atoms with Crippen molar-refractivity contribution in [2.24, 2.45) is 5.92 Å². The van der Waals surface area contributed by atoms with E-state index in [0.29, 0.717) is 12.0 Å². The Morgan fingerprint density at radius 1 is 1.39 bits per heavy atom. The predicted molar refractivity (Wildman–Crippen MR) is 76.0 cm³/mol. The smallest absolute Gasteiger partial charge is 0.123 e. The third-order valence-electron chi connectivity index (χ3n) is 3.58. The molecule has 0 saturated carbocycles. The number of hydrogen-bond donors (Lipinski definition) is 1. The van der Waals surface area contributed by atoms with Gasteiger partial charge in [-0.15, -0.1) is 0 Å². The SMILES string of the molecule is CNC(c1cc(Br)ccc1OC)C1CCOCC1. The fraction of sp³-hybridized carbons (Fsp3) is 0.571. The van der Waals surface area contributed by atoms with Gasteiger partial charge in [0.25, 0.3) is 0 Å². The number of hydrogen-bond acceptors (Lipinski definition) is 3. The van der Waals surface area contributed by atoms with E-state index in [-0.39, 0.29) is 0 Å². The van der Waals surface area contributed by atoms with Crippen molar-refractivity contribution in [1.29, 1.82) is 0 Å². The van der Waals surface area contributed by atoms with Crippen LogP contribution in [-0.2, 0) is 4.74 Å². The number of ether oxygens (including phenoxy) is 2. The molecule has 1 atom stereocenters. The van der Waals surface area contributed by atoms with E-state index >= 15 is 0 Å². The van der Waals surface area contributed by atoms with Crippen molar-refractivity contribution in [3.63, 3.8) is 0 Å². The Balaban J connectivity index is 2.27. The Hall–Kier alpha value is -0.580. The van der Waals surface area contributed by atoms with E-state index in [1.165, 1.54) is 5.56 Å². The summed E-state index contributed by atoms with van der Waals surface area (Å²) >= 11 is 3.54. The van der Waals surface area contributed by atoms with Crippen molar-refractivity contribution in [2.45, 2.75) is 18.9 Å². The van der Waals surface area contributed by atoms with Gasteiger partial charge in [-0.3, -0.25) is 0 Å². The number of halogens is 1. The van der Waals surface area contributed by atoms with Gasteiger partial charge in [-0.1, -0.05) is 15.9 Å². The van der Waals surface area contributed by atoms with Crippen LogP contribution in [0.2, 0.25) is 0 Å². The highest BCUT2D eigenvalue weighted by atomic mass is 79.9. The molecule has 3 nitrogen and oxygen atoms in total. The lowest BCUT2D eigenvalue weighted by atomic mass is 9.87. The zero-order valence-electron chi connectivity index (χ0n) is 10.9. The molecule has 1 saturated heterocycles. The first kappa shape index (κ1) is 13.8. The summed E-state index contributed by atoms with van der Waals surface area (Å²) in [5.41, 5.74) is 1.22. The third kappa shape index (κ3) is 3.05. The first-order chi connectivity index (χ1) is 8.76. The van der Waals surface area contributed by atoms with E-state index in [1.54, 1.807) is 7.11 Å². The second kappa shape index (κ2) is 6.55. The summed E-state index contributed by atoms with van der Waals surface area (Å²) < 4.78 is 12.0. The number of nitrogens with one attached hydrogen (secondary N) is 1. The summed E-state index contributed by atoms with van der Waals surface area (Å²) in [6, 6.07) is 6.50. The summed E-state index contributed by atoms with van der Waals surface area (Å²) in [6.45, 7) is 1.72. The number of methoxy groups -OCH3 is 1. The molecule has 1 heterocycles. The molecule has 2 rings (SSSR count). The molecule has 4 heteroatoms. The average Bonchev–Trinajstić information content (AvgIpc) is 2.41. The largest absolute Gasteiger partial charge is 0.496 e. The van der Waals surface area contributed by atoms with E-state index in [9.17, 15) is 0 Å². The normalized spacial score (nSPS) is 18.6. The minimum atomic E-state index is 0.321. The zero-order chi connectivity index (χ0) is 13.0. The molecule has 0 amide bonds. The quantitative estimate of drug-likeness (QED) is 0.926. The van der Waals surface area contributed by atoms with Gasteiger partial charge in [0, 0.05) is 29.3 Å². The topological polar surface area (TPSA) is 30.5 Å². The molecule has 1 fully saturated rings. The van der Waals surface area contributed by atoms with Gasteiger partial charge in [-0.05, 0) is 44.0 Å². The minimum Gasteiger partial charge on any atom is -0.496 e. The Morgan fingerprint density at radius 3 is 2.72 bits per heavy atom. The summed E-state index contributed by atoms with van der Waals surface area (Å²) in [7, 11) is 3.74. The summed E-state index contributed by atoms with van der Waals surface area (Å²) in [5, 5.41) is 3.43. The van der Waals surface area contributed by atoms with Crippen molar-refractivity contribution >= 4 is 15.9 Å². The molecule has 1 aliphatic rings. The van der Waals surface area contributed by atoms with Gasteiger partial charge in [0.05, 0.1) is 7.11 Å². The molecule has 1 aromatic rings. The van der Waals surface area contributed by atoms with Gasteiger partial charge in [-0.25, -0.2) is 0 Å². The van der Waals surface area contributed by atoms with Gasteiger partial charge in [-0.2, -0.15) is 0 Å². The van der Waals surface area contributed by atoms with Gasteiger partial charge in [0.15, 0.2) is 0 Å². The Kier molecular flexibility index (Phi) is 5.03. The molecule has 0 radical (unpaired) electrons. The number of rotatable bonds is 4. The van der Waals surface area contributed by atoms with Gasteiger partial charge in [0.1, 0.15) is 5.75 Å². The lowest BCUT2D eigenvalue weighted by Crippen LogP contribution is -2.30. The highest BCUT2D eigenvalue weighted by Crippen LogP contribution is 2.36. The molecule has 1 aliphatic heterocycles. The van der Waals surface area contributed by atoms with E-state index in [2.05, 4.69) is 27.3 Å². The fourth-order valence-corrected chi connectivity index (χ4v) is 3.02. The second-order valence-electron chi connectivity index (χ2n) is 4.60. The highest BCUT2D eigenvalue weighted by molar-refractivity contribution is 9.10. The molecular formula is C14H20BrNO2. The van der Waals surface area contributed by atoms with Crippen LogP contribution in [0.1, 0.15) is 24.4 Å². The van der Waals surface area contributed by atoms with Crippen LogP contribution in [0.4, 0.5) is 0 Å².